The second kappa shape index (κ2) is 6.70. The minimum atomic E-state index is 0.436. The van der Waals surface area contributed by atoms with Crippen LogP contribution < -0.4 is 16.0 Å². The molecule has 5 nitrogen and oxygen atoms in total. The number of hydrogen-bond acceptors (Lipinski definition) is 5. The lowest BCUT2D eigenvalue weighted by molar-refractivity contribution is 0.546. The smallest absolute Gasteiger partial charge is 0.134 e. The number of nitrogens with zero attached hydrogens (tertiary/aromatic N) is 3. The molecule has 19 heavy (non-hydrogen) atoms. The van der Waals surface area contributed by atoms with Crippen molar-refractivity contribution in [3.8, 4) is 0 Å². The molecule has 0 amide bonds. The summed E-state index contributed by atoms with van der Waals surface area (Å²) in [4.78, 5) is 11.0. The van der Waals surface area contributed by atoms with Crippen LogP contribution in [0.25, 0.3) is 0 Å². The van der Waals surface area contributed by atoms with Crippen LogP contribution in [0.1, 0.15) is 33.1 Å². The van der Waals surface area contributed by atoms with Crippen molar-refractivity contribution in [2.75, 3.05) is 29.9 Å². The molecular weight excluding hydrogens is 238 g/mol. The molecule has 0 saturated carbocycles. The molecule has 0 aliphatic carbocycles. The van der Waals surface area contributed by atoms with Gasteiger partial charge in [0.05, 0.1) is 0 Å². The Morgan fingerprint density at radius 2 is 2.37 bits per heavy atom. The molecule has 0 bridgehead atoms. The fourth-order valence-electron chi connectivity index (χ4n) is 2.47. The average molecular weight is 263 g/mol. The van der Waals surface area contributed by atoms with Gasteiger partial charge in [-0.05, 0) is 38.6 Å². The van der Waals surface area contributed by atoms with Gasteiger partial charge in [0.25, 0.3) is 0 Å². The molecule has 1 saturated heterocycles. The van der Waals surface area contributed by atoms with Gasteiger partial charge in [-0.1, -0.05) is 6.92 Å². The summed E-state index contributed by atoms with van der Waals surface area (Å²) in [6.45, 7) is 7.25. The lowest BCUT2D eigenvalue weighted by Crippen LogP contribution is -2.22. The van der Waals surface area contributed by atoms with E-state index in [2.05, 4.69) is 40.1 Å². The van der Waals surface area contributed by atoms with Crippen molar-refractivity contribution in [2.45, 2.75) is 39.2 Å². The van der Waals surface area contributed by atoms with Crippen LogP contribution in [0.15, 0.2) is 12.4 Å². The third kappa shape index (κ3) is 3.80. The molecule has 0 spiro atoms. The fraction of sp³-hybridized carbons (Fsp3) is 0.714. The van der Waals surface area contributed by atoms with E-state index in [-0.39, 0.29) is 0 Å². The lowest BCUT2D eigenvalue weighted by atomic mass is 10.1. The van der Waals surface area contributed by atoms with Gasteiger partial charge in [0.1, 0.15) is 18.0 Å². The first-order valence-electron chi connectivity index (χ1n) is 7.26. The molecule has 1 aromatic heterocycles. The highest BCUT2D eigenvalue weighted by molar-refractivity contribution is 5.49. The lowest BCUT2D eigenvalue weighted by Gasteiger charge is -2.19. The maximum absolute atomic E-state index is 5.63. The maximum atomic E-state index is 5.63. The summed E-state index contributed by atoms with van der Waals surface area (Å²) in [5.41, 5.74) is 5.63. The van der Waals surface area contributed by atoms with E-state index in [1.54, 1.807) is 6.33 Å². The van der Waals surface area contributed by atoms with Gasteiger partial charge < -0.3 is 16.0 Å². The van der Waals surface area contributed by atoms with Crippen LogP contribution in [0.2, 0.25) is 0 Å². The molecule has 2 atom stereocenters. The van der Waals surface area contributed by atoms with Crippen LogP contribution in [0.5, 0.6) is 0 Å². The zero-order valence-electron chi connectivity index (χ0n) is 12.0. The van der Waals surface area contributed by atoms with Gasteiger partial charge in [-0.2, -0.15) is 0 Å². The predicted molar refractivity (Wildman–Crippen MR) is 79.4 cm³/mol. The summed E-state index contributed by atoms with van der Waals surface area (Å²) in [6.07, 6.45) is 5.06. The van der Waals surface area contributed by atoms with Gasteiger partial charge in [0.15, 0.2) is 0 Å². The van der Waals surface area contributed by atoms with Gasteiger partial charge in [0, 0.05) is 25.2 Å². The van der Waals surface area contributed by atoms with Crippen molar-refractivity contribution in [1.82, 2.24) is 9.97 Å². The largest absolute Gasteiger partial charge is 0.367 e. The fourth-order valence-corrected chi connectivity index (χ4v) is 2.47. The Bertz CT molecular complexity index is 395. The topological polar surface area (TPSA) is 67.1 Å². The van der Waals surface area contributed by atoms with Gasteiger partial charge in [-0.25, -0.2) is 9.97 Å². The second-order valence-corrected chi connectivity index (χ2v) is 5.39. The van der Waals surface area contributed by atoms with Crippen molar-refractivity contribution in [2.24, 2.45) is 11.7 Å². The first-order chi connectivity index (χ1) is 9.22. The molecule has 1 aromatic rings. The van der Waals surface area contributed by atoms with Crippen LogP contribution in [0.4, 0.5) is 11.6 Å². The molecule has 2 rings (SSSR count). The average Bonchev–Trinajstić information content (AvgIpc) is 2.88. The molecule has 2 heterocycles. The number of aromatic nitrogens is 2. The van der Waals surface area contributed by atoms with E-state index in [1.165, 1.54) is 6.42 Å². The third-order valence-corrected chi connectivity index (χ3v) is 3.84. The van der Waals surface area contributed by atoms with E-state index in [0.717, 1.165) is 44.1 Å². The molecule has 1 aliphatic rings. The molecule has 3 N–H and O–H groups in total. The highest BCUT2D eigenvalue weighted by Crippen LogP contribution is 2.24. The van der Waals surface area contributed by atoms with E-state index in [1.807, 2.05) is 0 Å². The summed E-state index contributed by atoms with van der Waals surface area (Å²) in [5.74, 6) is 2.66. The van der Waals surface area contributed by atoms with Crippen molar-refractivity contribution in [3.05, 3.63) is 12.4 Å². The Kier molecular flexibility index (Phi) is 4.96. The Labute approximate surface area is 115 Å². The van der Waals surface area contributed by atoms with Crippen molar-refractivity contribution < 1.29 is 0 Å². The number of anilines is 2. The van der Waals surface area contributed by atoms with Gasteiger partial charge in [-0.3, -0.25) is 0 Å². The van der Waals surface area contributed by atoms with E-state index < -0.39 is 0 Å². The van der Waals surface area contributed by atoms with Crippen LogP contribution in [-0.2, 0) is 0 Å². The van der Waals surface area contributed by atoms with Crippen LogP contribution in [-0.4, -0.2) is 35.6 Å². The molecule has 1 fully saturated rings. The second-order valence-electron chi connectivity index (χ2n) is 5.39. The van der Waals surface area contributed by atoms with Crippen molar-refractivity contribution in [3.63, 3.8) is 0 Å². The van der Waals surface area contributed by atoms with E-state index in [0.29, 0.717) is 12.0 Å². The number of rotatable bonds is 6. The quantitative estimate of drug-likeness (QED) is 0.820. The van der Waals surface area contributed by atoms with Gasteiger partial charge in [0.2, 0.25) is 0 Å². The number of nitrogens with one attached hydrogen (secondary N) is 1. The van der Waals surface area contributed by atoms with Crippen LogP contribution in [0.3, 0.4) is 0 Å². The molecule has 5 heteroatoms. The Morgan fingerprint density at radius 3 is 3.11 bits per heavy atom. The first kappa shape index (κ1) is 14.1. The molecule has 106 valence electrons. The van der Waals surface area contributed by atoms with E-state index in [9.17, 15) is 0 Å². The zero-order valence-corrected chi connectivity index (χ0v) is 12.0. The maximum Gasteiger partial charge on any atom is 0.134 e. The van der Waals surface area contributed by atoms with Crippen LogP contribution >= 0.6 is 0 Å². The Hall–Kier alpha value is -1.36. The standard InChI is InChI=1S/C14H25N5/c1-3-11(2)18-13-8-14(17-10-16-13)19-7-5-12(9-19)4-6-15/h8,10-12H,3-7,9,15H2,1-2H3,(H,16,17,18). The monoisotopic (exact) mass is 263 g/mol. The Morgan fingerprint density at radius 1 is 1.53 bits per heavy atom. The predicted octanol–water partition coefficient (Wildman–Crippen LogP) is 1.86. The Balaban J connectivity index is 1.99. The van der Waals surface area contributed by atoms with Crippen LogP contribution in [0, 0.1) is 5.92 Å². The number of nitrogens with two attached hydrogens (primary N) is 1. The van der Waals surface area contributed by atoms with Crippen molar-refractivity contribution in [1.29, 1.82) is 0 Å². The van der Waals surface area contributed by atoms with Gasteiger partial charge in [-0.15, -0.1) is 0 Å². The molecule has 1 aliphatic heterocycles. The minimum Gasteiger partial charge on any atom is -0.367 e. The van der Waals surface area contributed by atoms with E-state index >= 15 is 0 Å². The van der Waals surface area contributed by atoms with E-state index in [4.69, 9.17) is 5.73 Å². The van der Waals surface area contributed by atoms with Crippen molar-refractivity contribution >= 4 is 11.6 Å². The molecule has 0 aromatic carbocycles. The minimum absolute atomic E-state index is 0.436. The normalized spacial score (nSPS) is 20.6. The summed E-state index contributed by atoms with van der Waals surface area (Å²) in [6, 6.07) is 2.49. The summed E-state index contributed by atoms with van der Waals surface area (Å²) in [5, 5.41) is 3.39. The molecule has 0 radical (unpaired) electrons. The third-order valence-electron chi connectivity index (χ3n) is 3.84. The highest BCUT2D eigenvalue weighted by Gasteiger charge is 2.23. The SMILES string of the molecule is CCC(C)Nc1cc(N2CCC(CCN)C2)ncn1. The number of hydrogen-bond donors (Lipinski definition) is 2. The first-order valence-corrected chi connectivity index (χ1v) is 7.26. The summed E-state index contributed by atoms with van der Waals surface area (Å²) in [7, 11) is 0. The molecular formula is C14H25N5. The molecule has 2 unspecified atom stereocenters. The zero-order chi connectivity index (χ0) is 13.7. The highest BCUT2D eigenvalue weighted by atomic mass is 15.2. The summed E-state index contributed by atoms with van der Waals surface area (Å²) >= 11 is 0. The van der Waals surface area contributed by atoms with Gasteiger partial charge >= 0.3 is 0 Å². The summed E-state index contributed by atoms with van der Waals surface area (Å²) < 4.78 is 0.